The molecule has 0 saturated heterocycles. The van der Waals surface area contributed by atoms with Crippen LogP contribution in [0.1, 0.15) is 25.7 Å². The molecule has 1 N–H and O–H groups in total. The van der Waals surface area contributed by atoms with Gasteiger partial charge in [0.15, 0.2) is 0 Å². The first-order valence-electron chi connectivity index (χ1n) is 3.89. The normalized spacial score (nSPS) is 10.2. The van der Waals surface area contributed by atoms with Gasteiger partial charge in [-0.1, -0.05) is 19.8 Å². The highest BCUT2D eigenvalue weighted by atomic mass is 16.5. The van der Waals surface area contributed by atoms with Crippen molar-refractivity contribution in [2.24, 2.45) is 0 Å². The number of rotatable bonds is 7. The summed E-state index contributed by atoms with van der Waals surface area (Å²) in [6.07, 6.45) is 3.97. The summed E-state index contributed by atoms with van der Waals surface area (Å²) < 4.78 is 5.19. The largest absolute Gasteiger partial charge is 0.396 e. The molecule has 0 rings (SSSR count). The first-order valence-corrected chi connectivity index (χ1v) is 3.89. The molecule has 0 aromatic rings. The van der Waals surface area contributed by atoms with Crippen LogP contribution in [0.3, 0.4) is 0 Å². The van der Waals surface area contributed by atoms with E-state index in [1.54, 1.807) is 0 Å². The van der Waals surface area contributed by atoms with Crippen LogP contribution in [0.25, 0.3) is 0 Å². The van der Waals surface area contributed by atoms with Crippen LogP contribution in [0, 0.1) is 6.92 Å². The van der Waals surface area contributed by atoms with Gasteiger partial charge >= 0.3 is 0 Å². The first-order chi connectivity index (χ1) is 4.91. The zero-order valence-corrected chi connectivity index (χ0v) is 6.51. The Balaban J connectivity index is 2.65. The minimum Gasteiger partial charge on any atom is -0.396 e. The minimum absolute atomic E-state index is 0.231. The lowest BCUT2D eigenvalue weighted by Crippen LogP contribution is -1.98. The summed E-state index contributed by atoms with van der Waals surface area (Å²) >= 11 is 0. The number of hydrogen-bond acceptors (Lipinski definition) is 2. The van der Waals surface area contributed by atoms with Gasteiger partial charge in [-0.15, -0.1) is 0 Å². The Morgan fingerprint density at radius 3 is 2.40 bits per heavy atom. The Labute approximate surface area is 63.2 Å². The van der Waals surface area contributed by atoms with E-state index in [2.05, 4.69) is 6.92 Å². The van der Waals surface area contributed by atoms with Crippen LogP contribution in [0.4, 0.5) is 0 Å². The molecule has 10 heavy (non-hydrogen) atoms. The van der Waals surface area contributed by atoms with E-state index in [0.29, 0.717) is 6.61 Å². The average Bonchev–Trinajstić information content (AvgIpc) is 1.97. The summed E-state index contributed by atoms with van der Waals surface area (Å²) in [5.41, 5.74) is 0. The average molecular weight is 145 g/mol. The van der Waals surface area contributed by atoms with E-state index in [4.69, 9.17) is 9.84 Å². The lowest BCUT2D eigenvalue weighted by molar-refractivity contribution is 0.113. The van der Waals surface area contributed by atoms with Gasteiger partial charge in [0.1, 0.15) is 0 Å². The van der Waals surface area contributed by atoms with Crippen LogP contribution < -0.4 is 0 Å². The molecule has 0 aliphatic carbocycles. The highest BCUT2D eigenvalue weighted by Crippen LogP contribution is 1.93. The minimum atomic E-state index is 0.231. The molecule has 0 amide bonds. The second kappa shape index (κ2) is 8.92. The van der Waals surface area contributed by atoms with Crippen molar-refractivity contribution in [1.82, 2.24) is 0 Å². The molecule has 0 heterocycles. The van der Waals surface area contributed by atoms with Crippen molar-refractivity contribution in [3.05, 3.63) is 6.92 Å². The second-order valence-electron chi connectivity index (χ2n) is 2.25. The van der Waals surface area contributed by atoms with Crippen molar-refractivity contribution >= 4 is 0 Å². The standard InChI is InChI=1S/C8H17O2/c1-2-3-4-7-10-8-5-6-9/h9H,1-8H2. The summed E-state index contributed by atoms with van der Waals surface area (Å²) in [4.78, 5) is 0. The molecule has 0 atom stereocenters. The summed E-state index contributed by atoms with van der Waals surface area (Å²) in [6, 6.07) is 0. The highest BCUT2D eigenvalue weighted by Gasteiger charge is 1.86. The maximum Gasteiger partial charge on any atom is 0.0487 e. The third kappa shape index (κ3) is 7.92. The number of unbranched alkanes of at least 4 members (excludes halogenated alkanes) is 2. The molecule has 0 aromatic carbocycles. The van der Waals surface area contributed by atoms with Crippen molar-refractivity contribution in [3.8, 4) is 0 Å². The molecule has 0 aromatic heterocycles. The fourth-order valence-corrected chi connectivity index (χ4v) is 0.650. The van der Waals surface area contributed by atoms with Crippen LogP contribution >= 0.6 is 0 Å². The van der Waals surface area contributed by atoms with Crippen LogP contribution in [-0.4, -0.2) is 24.9 Å². The molecule has 0 aliphatic heterocycles. The third-order valence-electron chi connectivity index (χ3n) is 1.24. The smallest absolute Gasteiger partial charge is 0.0487 e. The van der Waals surface area contributed by atoms with E-state index < -0.39 is 0 Å². The molecular formula is C8H17O2. The van der Waals surface area contributed by atoms with E-state index in [-0.39, 0.29) is 6.61 Å². The maximum atomic E-state index is 8.38. The molecule has 2 heteroatoms. The Morgan fingerprint density at radius 1 is 1.10 bits per heavy atom. The van der Waals surface area contributed by atoms with Gasteiger partial charge in [0, 0.05) is 19.8 Å². The van der Waals surface area contributed by atoms with E-state index in [9.17, 15) is 0 Å². The maximum absolute atomic E-state index is 8.38. The molecule has 2 nitrogen and oxygen atoms in total. The van der Waals surface area contributed by atoms with Gasteiger partial charge in [0.2, 0.25) is 0 Å². The highest BCUT2D eigenvalue weighted by molar-refractivity contribution is 4.41. The van der Waals surface area contributed by atoms with Gasteiger partial charge in [-0.3, -0.25) is 0 Å². The van der Waals surface area contributed by atoms with Crippen molar-refractivity contribution in [2.45, 2.75) is 25.7 Å². The molecular weight excluding hydrogens is 128 g/mol. The Bertz CT molecular complexity index is 47.2. The van der Waals surface area contributed by atoms with Gasteiger partial charge in [0.05, 0.1) is 0 Å². The Hall–Kier alpha value is -0.0800. The van der Waals surface area contributed by atoms with E-state index in [0.717, 1.165) is 32.3 Å². The second-order valence-corrected chi connectivity index (χ2v) is 2.25. The summed E-state index contributed by atoms with van der Waals surface area (Å²) in [7, 11) is 0. The van der Waals surface area contributed by atoms with Crippen molar-refractivity contribution in [2.75, 3.05) is 19.8 Å². The summed E-state index contributed by atoms with van der Waals surface area (Å²) in [5.74, 6) is 0. The van der Waals surface area contributed by atoms with Gasteiger partial charge in [0.25, 0.3) is 0 Å². The molecule has 1 radical (unpaired) electrons. The zero-order chi connectivity index (χ0) is 7.66. The molecule has 61 valence electrons. The lowest BCUT2D eigenvalue weighted by atomic mass is 10.3. The van der Waals surface area contributed by atoms with E-state index in [1.165, 1.54) is 0 Å². The van der Waals surface area contributed by atoms with Crippen molar-refractivity contribution in [3.63, 3.8) is 0 Å². The molecule has 0 spiro atoms. The van der Waals surface area contributed by atoms with Crippen molar-refractivity contribution in [1.29, 1.82) is 0 Å². The van der Waals surface area contributed by atoms with Gasteiger partial charge in [-0.05, 0) is 12.8 Å². The van der Waals surface area contributed by atoms with Gasteiger partial charge in [-0.25, -0.2) is 0 Å². The number of ether oxygens (including phenoxy) is 1. The predicted octanol–water partition coefficient (Wildman–Crippen LogP) is 1.39. The third-order valence-corrected chi connectivity index (χ3v) is 1.24. The van der Waals surface area contributed by atoms with Crippen LogP contribution in [0.5, 0.6) is 0 Å². The predicted molar refractivity (Wildman–Crippen MR) is 41.7 cm³/mol. The molecule has 0 fully saturated rings. The van der Waals surface area contributed by atoms with E-state index in [1.807, 2.05) is 0 Å². The molecule has 0 bridgehead atoms. The fourth-order valence-electron chi connectivity index (χ4n) is 0.650. The Morgan fingerprint density at radius 2 is 1.80 bits per heavy atom. The van der Waals surface area contributed by atoms with E-state index >= 15 is 0 Å². The molecule has 0 unspecified atom stereocenters. The number of aliphatic hydroxyl groups excluding tert-OH is 1. The van der Waals surface area contributed by atoms with Gasteiger partial charge in [-0.2, -0.15) is 0 Å². The first kappa shape index (κ1) is 9.92. The van der Waals surface area contributed by atoms with Gasteiger partial charge < -0.3 is 9.84 Å². The summed E-state index contributed by atoms with van der Waals surface area (Å²) in [5, 5.41) is 8.38. The molecule has 0 aliphatic rings. The quantitative estimate of drug-likeness (QED) is 0.548. The zero-order valence-electron chi connectivity index (χ0n) is 6.51. The summed E-state index contributed by atoms with van der Waals surface area (Å²) in [6.45, 7) is 5.46. The SMILES string of the molecule is [CH2]CCCCOCCCO. The Kier molecular flexibility index (Phi) is 8.85. The number of aliphatic hydroxyl groups is 1. The van der Waals surface area contributed by atoms with Crippen LogP contribution in [0.2, 0.25) is 0 Å². The lowest BCUT2D eigenvalue weighted by Gasteiger charge is -2.00. The van der Waals surface area contributed by atoms with Crippen LogP contribution in [0.15, 0.2) is 0 Å². The van der Waals surface area contributed by atoms with Crippen LogP contribution in [-0.2, 0) is 4.74 Å². The number of hydrogen-bond donors (Lipinski definition) is 1. The van der Waals surface area contributed by atoms with Crippen molar-refractivity contribution < 1.29 is 9.84 Å². The monoisotopic (exact) mass is 145 g/mol. The topological polar surface area (TPSA) is 29.5 Å². The molecule has 0 saturated carbocycles. The fraction of sp³-hybridized carbons (Fsp3) is 0.875.